The average Bonchev–Trinajstić information content (AvgIpc) is 2.84. The van der Waals surface area contributed by atoms with E-state index in [1.165, 1.54) is 0 Å². The number of carbonyl (C=O) groups is 2. The van der Waals surface area contributed by atoms with Crippen LogP contribution in [0.5, 0.6) is 0 Å². The molecule has 110 valence electrons. The van der Waals surface area contributed by atoms with E-state index in [2.05, 4.69) is 15.6 Å². The van der Waals surface area contributed by atoms with Crippen LogP contribution in [-0.4, -0.2) is 32.0 Å². The van der Waals surface area contributed by atoms with E-state index in [0.717, 1.165) is 16.4 Å². The molecule has 2 aromatic rings. The molecular weight excluding hydrogens is 319 g/mol. The fourth-order valence-corrected chi connectivity index (χ4v) is 1.98. The lowest BCUT2D eigenvalue weighted by molar-refractivity contribution is -0.116. The second-order valence-corrected chi connectivity index (χ2v) is 5.05. The first-order valence-electron chi connectivity index (χ1n) is 5.75. The van der Waals surface area contributed by atoms with Crippen molar-refractivity contribution in [3.05, 3.63) is 39.6 Å². The number of rotatable bonds is 4. The van der Waals surface area contributed by atoms with Crippen molar-refractivity contribution in [1.29, 1.82) is 0 Å². The molecule has 0 saturated heterocycles. The highest BCUT2D eigenvalue weighted by atomic mass is 35.5. The number of hydrogen-bond donors (Lipinski definition) is 2. The Balaban J connectivity index is 2.08. The molecule has 0 aliphatic carbocycles. The lowest BCUT2D eigenvalue weighted by Crippen LogP contribution is -2.19. The normalized spacial score (nSPS) is 10.4. The molecule has 0 spiro atoms. The predicted molar refractivity (Wildman–Crippen MR) is 76.8 cm³/mol. The molecule has 2 rings (SSSR count). The van der Waals surface area contributed by atoms with Crippen molar-refractivity contribution in [3.8, 4) is 0 Å². The van der Waals surface area contributed by atoms with Crippen molar-refractivity contribution in [2.45, 2.75) is 13.5 Å². The summed E-state index contributed by atoms with van der Waals surface area (Å²) in [6.07, 6.45) is 1.16. The standard InChI is InChI=1S/C12H10Cl2N4O3/c1-6-2-8(14)9(3-7(6)13)15-11(19)5-18-4-10(12(20)21)16-17-18/h2-4H,5H2,1H3,(H,15,19)(H,20,21). The SMILES string of the molecule is Cc1cc(Cl)c(NC(=O)Cn2cc(C(=O)O)nn2)cc1Cl. The molecule has 0 aliphatic rings. The van der Waals surface area contributed by atoms with Crippen LogP contribution in [0.15, 0.2) is 18.3 Å². The molecule has 1 heterocycles. The number of carboxylic acids is 1. The molecule has 0 aliphatic heterocycles. The van der Waals surface area contributed by atoms with Crippen LogP contribution in [-0.2, 0) is 11.3 Å². The maximum atomic E-state index is 11.9. The van der Waals surface area contributed by atoms with Gasteiger partial charge < -0.3 is 10.4 Å². The zero-order valence-corrected chi connectivity index (χ0v) is 12.3. The molecule has 0 saturated carbocycles. The molecule has 0 radical (unpaired) electrons. The minimum atomic E-state index is -1.21. The number of hydrogen-bond acceptors (Lipinski definition) is 4. The molecular formula is C12H10Cl2N4O3. The van der Waals surface area contributed by atoms with Gasteiger partial charge in [0.15, 0.2) is 5.69 Å². The highest BCUT2D eigenvalue weighted by molar-refractivity contribution is 6.36. The highest BCUT2D eigenvalue weighted by Gasteiger charge is 2.12. The maximum Gasteiger partial charge on any atom is 0.358 e. The van der Waals surface area contributed by atoms with Gasteiger partial charge in [-0.15, -0.1) is 5.10 Å². The summed E-state index contributed by atoms with van der Waals surface area (Å²) in [6, 6.07) is 3.18. The van der Waals surface area contributed by atoms with Crippen molar-refractivity contribution in [2.75, 3.05) is 5.32 Å². The van der Waals surface area contributed by atoms with Gasteiger partial charge in [0.05, 0.1) is 16.9 Å². The first-order chi connectivity index (χ1) is 9.86. The molecule has 0 unspecified atom stereocenters. The summed E-state index contributed by atoms with van der Waals surface area (Å²) in [6.45, 7) is 1.60. The number of nitrogens with one attached hydrogen (secondary N) is 1. The minimum Gasteiger partial charge on any atom is -0.476 e. The third-order valence-electron chi connectivity index (χ3n) is 2.59. The Labute approximate surface area is 129 Å². The van der Waals surface area contributed by atoms with Crippen molar-refractivity contribution in [1.82, 2.24) is 15.0 Å². The molecule has 1 amide bonds. The molecule has 0 atom stereocenters. The van der Waals surface area contributed by atoms with Gasteiger partial charge in [-0.05, 0) is 24.6 Å². The van der Waals surface area contributed by atoms with Crippen LogP contribution in [0, 0.1) is 6.92 Å². The number of aryl methyl sites for hydroxylation is 1. The summed E-state index contributed by atoms with van der Waals surface area (Å²) in [5, 5.41) is 19.1. The van der Waals surface area contributed by atoms with Gasteiger partial charge in [-0.1, -0.05) is 28.4 Å². The number of carboxylic acid groups (broad SMARTS) is 1. The van der Waals surface area contributed by atoms with Gasteiger partial charge in [-0.25, -0.2) is 9.48 Å². The third-order valence-corrected chi connectivity index (χ3v) is 3.31. The summed E-state index contributed by atoms with van der Waals surface area (Å²) in [4.78, 5) is 22.5. The van der Waals surface area contributed by atoms with Gasteiger partial charge in [-0.3, -0.25) is 4.79 Å². The van der Waals surface area contributed by atoms with Crippen molar-refractivity contribution < 1.29 is 14.7 Å². The molecule has 1 aromatic carbocycles. The van der Waals surface area contributed by atoms with E-state index < -0.39 is 11.9 Å². The Morgan fingerprint density at radius 2 is 2.05 bits per heavy atom. The summed E-state index contributed by atoms with van der Waals surface area (Å²) in [7, 11) is 0. The van der Waals surface area contributed by atoms with Crippen molar-refractivity contribution in [2.24, 2.45) is 0 Å². The Hall–Kier alpha value is -2.12. The number of halogens is 2. The van der Waals surface area contributed by atoms with Crippen LogP contribution < -0.4 is 5.32 Å². The van der Waals surface area contributed by atoms with Gasteiger partial charge in [0.25, 0.3) is 0 Å². The average molecular weight is 329 g/mol. The fourth-order valence-electron chi connectivity index (χ4n) is 1.55. The van der Waals surface area contributed by atoms with Crippen molar-refractivity contribution >= 4 is 40.8 Å². The predicted octanol–water partition coefficient (Wildman–Crippen LogP) is 2.23. The lowest BCUT2D eigenvalue weighted by Gasteiger charge is -2.09. The number of aromatic nitrogens is 3. The van der Waals surface area contributed by atoms with E-state index >= 15 is 0 Å². The number of anilines is 1. The summed E-state index contributed by atoms with van der Waals surface area (Å²) < 4.78 is 1.11. The van der Waals surface area contributed by atoms with Crippen LogP contribution in [0.1, 0.15) is 16.1 Å². The fraction of sp³-hybridized carbons (Fsp3) is 0.167. The second kappa shape index (κ2) is 6.11. The van der Waals surface area contributed by atoms with Crippen LogP contribution >= 0.6 is 23.2 Å². The minimum absolute atomic E-state index is 0.192. The maximum absolute atomic E-state index is 11.9. The Kier molecular flexibility index (Phi) is 4.44. The highest BCUT2D eigenvalue weighted by Crippen LogP contribution is 2.28. The number of amides is 1. The van der Waals surface area contributed by atoms with Gasteiger partial charge in [0, 0.05) is 5.02 Å². The van der Waals surface area contributed by atoms with Crippen molar-refractivity contribution in [3.63, 3.8) is 0 Å². The molecule has 9 heteroatoms. The monoisotopic (exact) mass is 328 g/mol. The van der Waals surface area contributed by atoms with E-state index in [9.17, 15) is 9.59 Å². The quantitative estimate of drug-likeness (QED) is 0.896. The topological polar surface area (TPSA) is 97.1 Å². The van der Waals surface area contributed by atoms with Gasteiger partial charge in [0.1, 0.15) is 6.54 Å². The molecule has 0 fully saturated rings. The van der Waals surface area contributed by atoms with Crippen LogP contribution in [0.2, 0.25) is 10.0 Å². The number of nitrogens with zero attached hydrogens (tertiary/aromatic N) is 3. The molecule has 1 aromatic heterocycles. The van der Waals surface area contributed by atoms with E-state index in [0.29, 0.717) is 15.7 Å². The number of aromatic carboxylic acids is 1. The third kappa shape index (κ3) is 3.71. The molecule has 21 heavy (non-hydrogen) atoms. The molecule has 0 bridgehead atoms. The second-order valence-electron chi connectivity index (χ2n) is 4.24. The lowest BCUT2D eigenvalue weighted by atomic mass is 10.2. The molecule has 2 N–H and O–H groups in total. The Morgan fingerprint density at radius 1 is 1.33 bits per heavy atom. The Morgan fingerprint density at radius 3 is 2.67 bits per heavy atom. The van der Waals surface area contributed by atoms with Crippen LogP contribution in [0.25, 0.3) is 0 Å². The van der Waals surface area contributed by atoms with Crippen LogP contribution in [0.4, 0.5) is 5.69 Å². The van der Waals surface area contributed by atoms with Gasteiger partial charge in [0.2, 0.25) is 5.91 Å². The largest absolute Gasteiger partial charge is 0.476 e. The number of carbonyl (C=O) groups excluding carboxylic acids is 1. The smallest absolute Gasteiger partial charge is 0.358 e. The van der Waals surface area contributed by atoms with E-state index in [-0.39, 0.29) is 12.2 Å². The summed E-state index contributed by atoms with van der Waals surface area (Å²) >= 11 is 12.0. The Bertz CT molecular complexity index is 715. The van der Waals surface area contributed by atoms with E-state index in [1.807, 2.05) is 0 Å². The van der Waals surface area contributed by atoms with E-state index in [1.54, 1.807) is 19.1 Å². The first kappa shape index (κ1) is 15.3. The zero-order valence-electron chi connectivity index (χ0n) is 10.8. The first-order valence-corrected chi connectivity index (χ1v) is 6.51. The zero-order chi connectivity index (χ0) is 15.6. The summed E-state index contributed by atoms with van der Waals surface area (Å²) in [5.41, 5.74) is 0.928. The van der Waals surface area contributed by atoms with Gasteiger partial charge in [-0.2, -0.15) is 0 Å². The number of benzene rings is 1. The van der Waals surface area contributed by atoms with Crippen LogP contribution in [0.3, 0.4) is 0 Å². The summed E-state index contributed by atoms with van der Waals surface area (Å²) in [5.74, 6) is -1.64. The molecule has 7 nitrogen and oxygen atoms in total. The van der Waals surface area contributed by atoms with E-state index in [4.69, 9.17) is 28.3 Å². The van der Waals surface area contributed by atoms with Gasteiger partial charge >= 0.3 is 5.97 Å².